The Morgan fingerprint density at radius 2 is 2.17 bits per heavy atom. The van der Waals surface area contributed by atoms with E-state index in [2.05, 4.69) is 0 Å². The molecule has 0 spiro atoms. The second-order valence-corrected chi connectivity index (χ2v) is 4.39. The molecule has 1 rings (SSSR count). The van der Waals surface area contributed by atoms with Crippen molar-refractivity contribution in [3.8, 4) is 0 Å². The van der Waals surface area contributed by atoms with Gasteiger partial charge in [-0.25, -0.2) is 8.78 Å². The predicted octanol–water partition coefficient (Wildman–Crippen LogP) is 1.69. The van der Waals surface area contributed by atoms with Crippen LogP contribution in [-0.2, 0) is 0 Å². The smallest absolute Gasteiger partial charge is 0.255 e. The maximum Gasteiger partial charge on any atom is 0.255 e. The molecule has 0 aromatic heterocycles. The molecule has 0 bridgehead atoms. The summed E-state index contributed by atoms with van der Waals surface area (Å²) in [6, 6.07) is 5.27. The first-order valence-electron chi connectivity index (χ1n) is 5.50. The molecule has 0 aliphatic heterocycles. The van der Waals surface area contributed by atoms with Gasteiger partial charge in [-0.2, -0.15) is 0 Å². The van der Waals surface area contributed by atoms with E-state index in [1.165, 1.54) is 4.90 Å². The normalized spacial score (nSPS) is 10.7. The number of alkyl halides is 2. The summed E-state index contributed by atoms with van der Waals surface area (Å²) < 4.78 is 25.1. The van der Waals surface area contributed by atoms with Gasteiger partial charge in [-0.1, -0.05) is 18.3 Å². The number of benzene rings is 1. The zero-order valence-corrected chi connectivity index (χ0v) is 10.9. The van der Waals surface area contributed by atoms with Crippen LogP contribution in [0.4, 0.5) is 14.5 Å². The van der Waals surface area contributed by atoms with Crippen LogP contribution in [0.5, 0.6) is 0 Å². The van der Waals surface area contributed by atoms with Crippen molar-refractivity contribution in [2.45, 2.75) is 13.3 Å². The Kier molecular flexibility index (Phi) is 5.43. The molecule has 3 nitrogen and oxygen atoms in total. The molecule has 0 fully saturated rings. The van der Waals surface area contributed by atoms with Crippen LogP contribution >= 0.6 is 12.2 Å². The van der Waals surface area contributed by atoms with Gasteiger partial charge in [-0.15, -0.1) is 0 Å². The van der Waals surface area contributed by atoms with Crippen molar-refractivity contribution in [2.24, 2.45) is 5.73 Å². The molecule has 0 aliphatic rings. The van der Waals surface area contributed by atoms with Gasteiger partial charge in [0.05, 0.1) is 13.2 Å². The van der Waals surface area contributed by atoms with E-state index >= 15 is 0 Å². The van der Waals surface area contributed by atoms with Crippen LogP contribution in [0.25, 0.3) is 0 Å². The van der Waals surface area contributed by atoms with E-state index in [0.29, 0.717) is 11.3 Å². The fourth-order valence-electron chi connectivity index (χ4n) is 1.71. The van der Waals surface area contributed by atoms with Gasteiger partial charge in [0, 0.05) is 17.8 Å². The summed E-state index contributed by atoms with van der Waals surface area (Å²) >= 11 is 4.91. The third-order valence-electron chi connectivity index (χ3n) is 2.49. The minimum Gasteiger partial charge on any atom is -0.395 e. The molecular formula is C12H16F2N2OS. The number of hydrogen-bond acceptors (Lipinski definition) is 3. The van der Waals surface area contributed by atoms with Crippen molar-refractivity contribution >= 4 is 22.9 Å². The van der Waals surface area contributed by atoms with Gasteiger partial charge in [0.2, 0.25) is 0 Å². The van der Waals surface area contributed by atoms with Gasteiger partial charge in [-0.05, 0) is 24.6 Å². The van der Waals surface area contributed by atoms with Crippen LogP contribution in [0.2, 0.25) is 0 Å². The number of rotatable bonds is 6. The number of halogens is 2. The lowest BCUT2D eigenvalue weighted by atomic mass is 10.1. The van der Waals surface area contributed by atoms with Crippen LogP contribution in [0, 0.1) is 6.92 Å². The molecular weight excluding hydrogens is 258 g/mol. The second kappa shape index (κ2) is 6.61. The lowest BCUT2D eigenvalue weighted by molar-refractivity contribution is 0.153. The summed E-state index contributed by atoms with van der Waals surface area (Å²) in [4.78, 5) is 1.55. The number of nitrogens with zero attached hydrogens (tertiary/aromatic N) is 1. The molecule has 0 atom stereocenters. The molecule has 0 unspecified atom stereocenters. The van der Waals surface area contributed by atoms with Crippen LogP contribution in [0.1, 0.15) is 11.1 Å². The molecule has 0 saturated heterocycles. The van der Waals surface area contributed by atoms with Gasteiger partial charge in [-0.3, -0.25) is 0 Å². The Morgan fingerprint density at radius 1 is 1.50 bits per heavy atom. The first-order valence-corrected chi connectivity index (χ1v) is 5.91. The molecule has 0 heterocycles. The highest BCUT2D eigenvalue weighted by Crippen LogP contribution is 2.23. The number of anilines is 1. The van der Waals surface area contributed by atoms with E-state index in [9.17, 15) is 8.78 Å². The number of thiocarbonyl (C=S) groups is 1. The minimum absolute atomic E-state index is 0.114. The molecule has 0 amide bonds. The van der Waals surface area contributed by atoms with Crippen LogP contribution < -0.4 is 10.6 Å². The molecule has 18 heavy (non-hydrogen) atoms. The third-order valence-corrected chi connectivity index (χ3v) is 2.71. The molecule has 0 saturated carbocycles. The van der Waals surface area contributed by atoms with Gasteiger partial charge in [0.1, 0.15) is 4.99 Å². The summed E-state index contributed by atoms with van der Waals surface area (Å²) in [5.41, 5.74) is 7.59. The maximum atomic E-state index is 12.5. The number of nitrogens with two attached hydrogens (primary N) is 1. The van der Waals surface area contributed by atoms with E-state index in [0.717, 1.165) is 5.56 Å². The Labute approximate surface area is 110 Å². The molecule has 100 valence electrons. The van der Waals surface area contributed by atoms with E-state index in [4.69, 9.17) is 23.1 Å². The lowest BCUT2D eigenvalue weighted by Gasteiger charge is -2.26. The number of aliphatic hydroxyl groups is 1. The Bertz CT molecular complexity index is 427. The van der Waals surface area contributed by atoms with E-state index < -0.39 is 13.0 Å². The number of aryl methyl sites for hydroxylation is 1. The highest BCUT2D eigenvalue weighted by atomic mass is 32.1. The van der Waals surface area contributed by atoms with Gasteiger partial charge >= 0.3 is 0 Å². The maximum absolute atomic E-state index is 12.5. The van der Waals surface area contributed by atoms with Crippen molar-refractivity contribution in [3.05, 3.63) is 29.3 Å². The summed E-state index contributed by atoms with van der Waals surface area (Å²) in [7, 11) is 0. The summed E-state index contributed by atoms with van der Waals surface area (Å²) in [5, 5.41) is 8.96. The van der Waals surface area contributed by atoms with Crippen molar-refractivity contribution < 1.29 is 13.9 Å². The zero-order chi connectivity index (χ0) is 13.7. The number of aliphatic hydroxyl groups excluding tert-OH is 1. The highest BCUT2D eigenvalue weighted by molar-refractivity contribution is 7.80. The van der Waals surface area contributed by atoms with E-state index in [1.807, 2.05) is 13.0 Å². The predicted molar refractivity (Wildman–Crippen MR) is 72.4 cm³/mol. The number of hydrogen-bond donors (Lipinski definition) is 2. The molecule has 0 aliphatic carbocycles. The Hall–Kier alpha value is -1.27. The largest absolute Gasteiger partial charge is 0.395 e. The lowest BCUT2D eigenvalue weighted by Crippen LogP contribution is -2.33. The topological polar surface area (TPSA) is 49.5 Å². The van der Waals surface area contributed by atoms with Crippen molar-refractivity contribution in [2.75, 3.05) is 24.6 Å². The Morgan fingerprint density at radius 3 is 2.67 bits per heavy atom. The standard InChI is InChI=1S/C12H16F2N2OS/c1-8-2-3-9(12(15)18)10(6-8)16(4-5-17)7-11(13)14/h2-3,6,11,17H,4-5,7H2,1H3,(H2,15,18). The second-order valence-electron chi connectivity index (χ2n) is 3.95. The first kappa shape index (κ1) is 14.8. The molecule has 6 heteroatoms. The molecule has 3 N–H and O–H groups in total. The molecule has 0 radical (unpaired) electrons. The van der Waals surface area contributed by atoms with Crippen molar-refractivity contribution in [3.63, 3.8) is 0 Å². The Balaban J connectivity index is 3.15. The third kappa shape index (κ3) is 3.89. The zero-order valence-electron chi connectivity index (χ0n) is 10.1. The average Bonchev–Trinajstić information content (AvgIpc) is 2.27. The molecule has 1 aromatic rings. The van der Waals surface area contributed by atoms with Crippen LogP contribution in [-0.4, -0.2) is 36.2 Å². The van der Waals surface area contributed by atoms with Gasteiger partial charge in [0.25, 0.3) is 6.43 Å². The van der Waals surface area contributed by atoms with Crippen molar-refractivity contribution in [1.29, 1.82) is 0 Å². The minimum atomic E-state index is -2.49. The van der Waals surface area contributed by atoms with Gasteiger partial charge in [0.15, 0.2) is 0 Å². The SMILES string of the molecule is Cc1ccc(C(N)=S)c(N(CCO)CC(F)F)c1. The fraction of sp³-hybridized carbons (Fsp3) is 0.417. The summed E-state index contributed by atoms with van der Waals surface area (Å²) in [5.74, 6) is 0. The molecule has 1 aromatic carbocycles. The average molecular weight is 274 g/mol. The summed E-state index contributed by atoms with van der Waals surface area (Å²) in [6.45, 7) is 1.30. The van der Waals surface area contributed by atoms with E-state index in [-0.39, 0.29) is 18.1 Å². The van der Waals surface area contributed by atoms with Crippen molar-refractivity contribution in [1.82, 2.24) is 0 Å². The van der Waals surface area contributed by atoms with Gasteiger partial charge < -0.3 is 15.7 Å². The summed E-state index contributed by atoms with van der Waals surface area (Å²) in [6.07, 6.45) is -2.49. The van der Waals surface area contributed by atoms with E-state index in [1.54, 1.807) is 12.1 Å². The quantitative estimate of drug-likeness (QED) is 0.775. The van der Waals surface area contributed by atoms with Crippen LogP contribution in [0.15, 0.2) is 18.2 Å². The van der Waals surface area contributed by atoms with Crippen LogP contribution in [0.3, 0.4) is 0 Å². The monoisotopic (exact) mass is 274 g/mol. The highest BCUT2D eigenvalue weighted by Gasteiger charge is 2.16. The first-order chi connectivity index (χ1) is 8.45. The fourth-order valence-corrected chi connectivity index (χ4v) is 1.88.